The van der Waals surface area contributed by atoms with Crippen LogP contribution in [0.25, 0.3) is 0 Å². The highest BCUT2D eigenvalue weighted by Gasteiger charge is 2.37. The Hall–Kier alpha value is -1.42. The molecule has 1 heterocycles. The van der Waals surface area contributed by atoms with Crippen molar-refractivity contribution in [1.29, 1.82) is 0 Å². The molecule has 2 rings (SSSR count). The maximum absolute atomic E-state index is 11.9. The van der Waals surface area contributed by atoms with E-state index >= 15 is 0 Å². The normalized spacial score (nSPS) is 35.0. The Morgan fingerprint density at radius 3 is 2.50 bits per heavy atom. The molecule has 0 saturated carbocycles. The predicted octanol–water partition coefficient (Wildman–Crippen LogP) is 2.32. The van der Waals surface area contributed by atoms with Crippen LogP contribution in [0.5, 0.6) is 0 Å². The monoisotopic (exact) mass is 278 g/mol. The zero-order valence-corrected chi connectivity index (χ0v) is 12.4. The molecule has 0 aromatic carbocycles. The van der Waals surface area contributed by atoms with Crippen molar-refractivity contribution in [3.05, 3.63) is 23.3 Å². The molecule has 0 bridgehead atoms. The molecule has 0 radical (unpaired) electrons. The van der Waals surface area contributed by atoms with Gasteiger partial charge in [0.2, 0.25) is 0 Å². The van der Waals surface area contributed by atoms with Crippen LogP contribution in [0.1, 0.15) is 46.5 Å². The fraction of sp³-hybridized carbons (Fsp3) is 0.625. The molecule has 0 spiro atoms. The molecule has 0 amide bonds. The maximum atomic E-state index is 11.9. The Morgan fingerprint density at radius 1 is 1.25 bits per heavy atom. The molecule has 2 aliphatic rings. The third-order valence-corrected chi connectivity index (χ3v) is 4.50. The van der Waals surface area contributed by atoms with Crippen LogP contribution in [0.15, 0.2) is 23.3 Å². The standard InChI is InChI=1S/C16H22O4/c1-11-12(15(2,10-17)7-5-13(11)18)4-8-16(3)9-6-14(19)20-16/h4,8,17H,5-7,9-10H2,1-3H3. The van der Waals surface area contributed by atoms with Crippen LogP contribution in [0.4, 0.5) is 0 Å². The van der Waals surface area contributed by atoms with Gasteiger partial charge in [-0.25, -0.2) is 0 Å². The van der Waals surface area contributed by atoms with Gasteiger partial charge in [0.25, 0.3) is 0 Å². The first-order chi connectivity index (χ1) is 9.30. The summed E-state index contributed by atoms with van der Waals surface area (Å²) in [6, 6.07) is 0. The summed E-state index contributed by atoms with van der Waals surface area (Å²) in [6.07, 6.45) is 5.92. The summed E-state index contributed by atoms with van der Waals surface area (Å²) in [7, 11) is 0. The van der Waals surface area contributed by atoms with Gasteiger partial charge in [0.1, 0.15) is 5.60 Å². The number of ketones is 1. The lowest BCUT2D eigenvalue weighted by Gasteiger charge is -2.34. The number of cyclic esters (lactones) is 1. The van der Waals surface area contributed by atoms with E-state index in [0.29, 0.717) is 31.3 Å². The lowest BCUT2D eigenvalue weighted by Crippen LogP contribution is -2.31. The number of esters is 1. The van der Waals surface area contributed by atoms with Crippen molar-refractivity contribution in [2.24, 2.45) is 5.41 Å². The number of carbonyl (C=O) groups is 2. The quantitative estimate of drug-likeness (QED) is 0.805. The second-order valence-electron chi connectivity index (χ2n) is 6.30. The van der Waals surface area contributed by atoms with Crippen LogP contribution in [-0.4, -0.2) is 29.1 Å². The molecule has 2 atom stereocenters. The van der Waals surface area contributed by atoms with Gasteiger partial charge in [-0.05, 0) is 37.5 Å². The number of hydrogen-bond acceptors (Lipinski definition) is 4. The summed E-state index contributed by atoms with van der Waals surface area (Å²) >= 11 is 0. The average Bonchev–Trinajstić information content (AvgIpc) is 2.74. The van der Waals surface area contributed by atoms with Crippen molar-refractivity contribution in [2.75, 3.05) is 6.61 Å². The molecule has 1 fully saturated rings. The van der Waals surface area contributed by atoms with E-state index in [9.17, 15) is 14.7 Å². The minimum atomic E-state index is -0.596. The summed E-state index contributed by atoms with van der Waals surface area (Å²) in [5.41, 5.74) is 0.576. The van der Waals surface area contributed by atoms with Crippen molar-refractivity contribution in [2.45, 2.75) is 52.1 Å². The van der Waals surface area contributed by atoms with Crippen LogP contribution in [0, 0.1) is 5.41 Å². The molecular weight excluding hydrogens is 256 g/mol. The average molecular weight is 278 g/mol. The molecule has 4 heteroatoms. The van der Waals surface area contributed by atoms with E-state index < -0.39 is 11.0 Å². The zero-order chi connectivity index (χ0) is 15.0. The Morgan fingerprint density at radius 2 is 1.95 bits per heavy atom. The van der Waals surface area contributed by atoms with E-state index in [0.717, 1.165) is 5.57 Å². The highest BCUT2D eigenvalue weighted by atomic mass is 16.6. The second-order valence-corrected chi connectivity index (χ2v) is 6.30. The molecule has 0 aromatic heterocycles. The Bertz CT molecular complexity index is 503. The molecule has 110 valence electrons. The van der Waals surface area contributed by atoms with E-state index in [-0.39, 0.29) is 18.4 Å². The number of ether oxygens (including phenoxy) is 1. The molecule has 1 N–H and O–H groups in total. The van der Waals surface area contributed by atoms with Gasteiger partial charge >= 0.3 is 5.97 Å². The van der Waals surface area contributed by atoms with E-state index in [1.807, 2.05) is 26.0 Å². The SMILES string of the molecule is CC1=C(C=CC2(C)CCC(=O)O2)C(C)(CO)CCC1=O. The van der Waals surface area contributed by atoms with Crippen molar-refractivity contribution in [1.82, 2.24) is 0 Å². The van der Waals surface area contributed by atoms with Crippen molar-refractivity contribution in [3.63, 3.8) is 0 Å². The van der Waals surface area contributed by atoms with Gasteiger partial charge in [-0.3, -0.25) is 9.59 Å². The fourth-order valence-electron chi connectivity index (χ4n) is 2.89. The summed E-state index contributed by atoms with van der Waals surface area (Å²) in [5, 5.41) is 9.66. The van der Waals surface area contributed by atoms with Crippen molar-refractivity contribution in [3.8, 4) is 0 Å². The first-order valence-corrected chi connectivity index (χ1v) is 7.06. The Kier molecular flexibility index (Phi) is 3.87. The van der Waals surface area contributed by atoms with Crippen molar-refractivity contribution < 1.29 is 19.4 Å². The van der Waals surface area contributed by atoms with Gasteiger partial charge in [0.05, 0.1) is 6.61 Å². The lowest BCUT2D eigenvalue weighted by atomic mass is 9.71. The van der Waals surface area contributed by atoms with Crippen LogP contribution < -0.4 is 0 Å². The largest absolute Gasteiger partial charge is 0.455 e. The van der Waals surface area contributed by atoms with E-state index in [4.69, 9.17) is 4.74 Å². The van der Waals surface area contributed by atoms with E-state index in [2.05, 4.69) is 0 Å². The molecular formula is C16H22O4. The maximum Gasteiger partial charge on any atom is 0.306 e. The summed E-state index contributed by atoms with van der Waals surface area (Å²) in [4.78, 5) is 23.1. The van der Waals surface area contributed by atoms with Gasteiger partial charge in [0, 0.05) is 24.7 Å². The fourth-order valence-corrected chi connectivity index (χ4v) is 2.89. The molecule has 1 aliphatic carbocycles. The molecule has 2 unspecified atom stereocenters. The molecule has 0 aromatic rings. The molecule has 1 saturated heterocycles. The summed E-state index contributed by atoms with van der Waals surface area (Å²) < 4.78 is 5.31. The van der Waals surface area contributed by atoms with Crippen LogP contribution in [0.3, 0.4) is 0 Å². The number of carbonyl (C=O) groups excluding carboxylic acids is 2. The third kappa shape index (κ3) is 2.70. The molecule has 1 aliphatic heterocycles. The third-order valence-electron chi connectivity index (χ3n) is 4.50. The summed E-state index contributed by atoms with van der Waals surface area (Å²) in [5.74, 6) is -0.0587. The summed E-state index contributed by atoms with van der Waals surface area (Å²) in [6.45, 7) is 5.64. The van der Waals surface area contributed by atoms with Gasteiger partial charge in [-0.1, -0.05) is 13.0 Å². The van der Waals surface area contributed by atoms with Crippen LogP contribution in [0.2, 0.25) is 0 Å². The Labute approximate surface area is 119 Å². The van der Waals surface area contributed by atoms with Crippen molar-refractivity contribution >= 4 is 11.8 Å². The topological polar surface area (TPSA) is 63.6 Å². The number of aliphatic hydroxyl groups is 1. The van der Waals surface area contributed by atoms with Crippen LogP contribution >= 0.6 is 0 Å². The number of Topliss-reactive ketones (excluding diaryl/α,β-unsaturated/α-hetero) is 1. The van der Waals surface area contributed by atoms with E-state index in [1.54, 1.807) is 6.92 Å². The predicted molar refractivity (Wildman–Crippen MR) is 75.0 cm³/mol. The first-order valence-electron chi connectivity index (χ1n) is 7.06. The highest BCUT2D eigenvalue weighted by molar-refractivity contribution is 5.97. The van der Waals surface area contributed by atoms with Gasteiger partial charge < -0.3 is 9.84 Å². The van der Waals surface area contributed by atoms with Gasteiger partial charge in [-0.2, -0.15) is 0 Å². The number of rotatable bonds is 3. The molecule has 4 nitrogen and oxygen atoms in total. The Balaban J connectivity index is 2.31. The lowest BCUT2D eigenvalue weighted by molar-refractivity contribution is -0.144. The minimum absolute atomic E-state index is 0.00773. The number of allylic oxidation sites excluding steroid dienone is 2. The zero-order valence-electron chi connectivity index (χ0n) is 12.4. The molecule has 20 heavy (non-hydrogen) atoms. The first kappa shape index (κ1) is 15.0. The number of aliphatic hydroxyl groups excluding tert-OH is 1. The second kappa shape index (κ2) is 5.17. The van der Waals surface area contributed by atoms with E-state index in [1.165, 1.54) is 0 Å². The number of hydrogen-bond donors (Lipinski definition) is 1. The van der Waals surface area contributed by atoms with Gasteiger partial charge in [0.15, 0.2) is 5.78 Å². The smallest absolute Gasteiger partial charge is 0.306 e. The van der Waals surface area contributed by atoms with Crippen LogP contribution in [-0.2, 0) is 14.3 Å². The minimum Gasteiger partial charge on any atom is -0.455 e. The van der Waals surface area contributed by atoms with Gasteiger partial charge in [-0.15, -0.1) is 0 Å². The highest BCUT2D eigenvalue weighted by Crippen LogP contribution is 2.40.